The van der Waals surface area contributed by atoms with Crippen molar-refractivity contribution in [1.29, 1.82) is 0 Å². The fourth-order valence-corrected chi connectivity index (χ4v) is 4.65. The minimum Gasteiger partial charge on any atom is -0.384 e. The van der Waals surface area contributed by atoms with Crippen LogP contribution >= 0.6 is 0 Å². The Hall–Kier alpha value is -3.29. The summed E-state index contributed by atoms with van der Waals surface area (Å²) in [6.07, 6.45) is 1.03. The lowest BCUT2D eigenvalue weighted by atomic mass is 9.72. The fraction of sp³-hybridized carbons (Fsp3) is 0.286. The third-order valence-electron chi connectivity index (χ3n) is 6.66. The van der Waals surface area contributed by atoms with Crippen molar-refractivity contribution in [2.24, 2.45) is 5.92 Å². The Morgan fingerprint density at radius 2 is 1.34 bits per heavy atom. The third kappa shape index (κ3) is 5.69. The molecule has 0 unspecified atom stereocenters. The summed E-state index contributed by atoms with van der Waals surface area (Å²) in [4.78, 5) is 27.9. The average molecular weight is 482 g/mol. The first kappa shape index (κ1) is 24.8. The number of Topliss-reactive ketones (excluding diaryl/α,β-unsaturated/α-hetero) is 2. The largest absolute Gasteiger partial charge is 0.384 e. The fourth-order valence-electron chi connectivity index (χ4n) is 4.65. The number of hydrogen-bond acceptors (Lipinski definition) is 4. The molecule has 0 bridgehead atoms. The molecule has 3 aromatic rings. The molecule has 0 spiro atoms. The second kappa shape index (κ2) is 10.5. The van der Waals surface area contributed by atoms with Crippen molar-refractivity contribution in [3.63, 3.8) is 0 Å². The van der Waals surface area contributed by atoms with E-state index in [1.165, 1.54) is 72.8 Å². The first-order valence-corrected chi connectivity index (χ1v) is 11.6. The Bertz CT molecular complexity index is 1180. The van der Waals surface area contributed by atoms with Gasteiger partial charge < -0.3 is 10.0 Å². The molecule has 0 amide bonds. The van der Waals surface area contributed by atoms with Crippen LogP contribution in [0.15, 0.2) is 72.8 Å². The van der Waals surface area contributed by atoms with Gasteiger partial charge in [-0.3, -0.25) is 9.59 Å². The first-order valence-electron chi connectivity index (χ1n) is 11.6. The Morgan fingerprint density at radius 3 is 1.91 bits per heavy atom. The molecule has 1 fully saturated rings. The lowest BCUT2D eigenvalue weighted by molar-refractivity contribution is -0.0643. The molecule has 0 aromatic heterocycles. The molecule has 1 aliphatic rings. The topological polar surface area (TPSA) is 57.6 Å². The van der Waals surface area contributed by atoms with E-state index in [0.29, 0.717) is 30.6 Å². The monoisotopic (exact) mass is 481 g/mol. The van der Waals surface area contributed by atoms with E-state index in [1.807, 2.05) is 4.90 Å². The first-order chi connectivity index (χ1) is 16.8. The van der Waals surface area contributed by atoms with Crippen LogP contribution in [-0.4, -0.2) is 41.2 Å². The van der Waals surface area contributed by atoms with Crippen molar-refractivity contribution in [3.05, 3.63) is 107 Å². The number of carbonyl (C=O) groups is 2. The maximum atomic E-state index is 13.5. The maximum absolute atomic E-state index is 13.5. The minimum absolute atomic E-state index is 0.0937. The standard InChI is InChI=1S/C28H26F3NO3/c29-22-9-3-19(4-10-22)26(33)2-1-16-32-17-15-28(35,21-7-13-24(31)14-8-21)25(18-32)27(34)20-5-11-23(30)12-6-20/h3-14,25,35H,1-2,15-18H2/t25-,28+/m1/s1. The van der Waals surface area contributed by atoms with Gasteiger partial charge in [0.15, 0.2) is 11.6 Å². The summed E-state index contributed by atoms with van der Waals surface area (Å²) in [5.41, 5.74) is -0.338. The van der Waals surface area contributed by atoms with Crippen molar-refractivity contribution in [1.82, 2.24) is 4.90 Å². The number of aliphatic hydroxyl groups is 1. The molecule has 4 nitrogen and oxygen atoms in total. The molecular weight excluding hydrogens is 455 g/mol. The van der Waals surface area contributed by atoms with Crippen LogP contribution < -0.4 is 0 Å². The van der Waals surface area contributed by atoms with E-state index < -0.39 is 29.0 Å². The van der Waals surface area contributed by atoms with Gasteiger partial charge >= 0.3 is 0 Å². The normalized spacial score (nSPS) is 20.5. The van der Waals surface area contributed by atoms with Crippen LogP contribution in [0.1, 0.15) is 45.5 Å². The SMILES string of the molecule is O=C(CCCN1CC[C@](O)(c2ccc(F)cc2)[C@@H](C(=O)c2ccc(F)cc2)C1)c1ccc(F)cc1. The van der Waals surface area contributed by atoms with Crippen molar-refractivity contribution >= 4 is 11.6 Å². The summed E-state index contributed by atoms with van der Waals surface area (Å²) in [6, 6.07) is 16.1. The third-order valence-corrected chi connectivity index (χ3v) is 6.66. The number of carbonyl (C=O) groups excluding carboxylic acids is 2. The van der Waals surface area contributed by atoms with Crippen LogP contribution in [0.25, 0.3) is 0 Å². The summed E-state index contributed by atoms with van der Waals surface area (Å²) in [6.45, 7) is 1.24. The van der Waals surface area contributed by atoms with Crippen molar-refractivity contribution in [2.75, 3.05) is 19.6 Å². The van der Waals surface area contributed by atoms with Gasteiger partial charge in [0.05, 0.1) is 5.92 Å². The van der Waals surface area contributed by atoms with Crippen molar-refractivity contribution in [3.8, 4) is 0 Å². The highest BCUT2D eigenvalue weighted by Crippen LogP contribution is 2.39. The summed E-state index contributed by atoms with van der Waals surface area (Å²) in [5, 5.41) is 11.7. The Labute approximate surface area is 202 Å². The Balaban J connectivity index is 1.49. The van der Waals surface area contributed by atoms with E-state index in [-0.39, 0.29) is 36.5 Å². The molecule has 0 radical (unpaired) electrons. The van der Waals surface area contributed by atoms with Gasteiger partial charge in [0.25, 0.3) is 0 Å². The molecule has 182 valence electrons. The van der Waals surface area contributed by atoms with E-state index in [4.69, 9.17) is 0 Å². The lowest BCUT2D eigenvalue weighted by Crippen LogP contribution is -2.53. The zero-order valence-electron chi connectivity index (χ0n) is 19.1. The van der Waals surface area contributed by atoms with Crippen molar-refractivity contribution in [2.45, 2.75) is 24.9 Å². The zero-order chi connectivity index (χ0) is 25.0. The number of benzene rings is 3. The maximum Gasteiger partial charge on any atom is 0.170 e. The highest BCUT2D eigenvalue weighted by atomic mass is 19.1. The van der Waals surface area contributed by atoms with E-state index in [0.717, 1.165) is 0 Å². The van der Waals surface area contributed by atoms with Crippen LogP contribution in [0, 0.1) is 23.4 Å². The molecule has 0 saturated carbocycles. The van der Waals surface area contributed by atoms with Gasteiger partial charge in [-0.15, -0.1) is 0 Å². The van der Waals surface area contributed by atoms with E-state index in [2.05, 4.69) is 0 Å². The number of piperidine rings is 1. The summed E-state index contributed by atoms with van der Waals surface area (Å²) < 4.78 is 40.0. The van der Waals surface area contributed by atoms with Gasteiger partial charge in [0.1, 0.15) is 23.1 Å². The molecule has 4 rings (SSSR count). The quantitative estimate of drug-likeness (QED) is 0.452. The Morgan fingerprint density at radius 1 is 0.829 bits per heavy atom. The van der Waals surface area contributed by atoms with Gasteiger partial charge in [-0.1, -0.05) is 12.1 Å². The summed E-state index contributed by atoms with van der Waals surface area (Å²) >= 11 is 0. The van der Waals surface area contributed by atoms with Crippen LogP contribution in [0.3, 0.4) is 0 Å². The van der Waals surface area contributed by atoms with Crippen LogP contribution in [0.4, 0.5) is 13.2 Å². The highest BCUT2D eigenvalue weighted by molar-refractivity contribution is 5.99. The minimum atomic E-state index is -1.51. The molecule has 35 heavy (non-hydrogen) atoms. The predicted molar refractivity (Wildman–Crippen MR) is 126 cm³/mol. The molecule has 0 aliphatic carbocycles. The number of halogens is 3. The van der Waals surface area contributed by atoms with E-state index >= 15 is 0 Å². The predicted octanol–water partition coefficient (Wildman–Crippen LogP) is 5.16. The van der Waals surface area contributed by atoms with Gasteiger partial charge in [-0.25, -0.2) is 13.2 Å². The Kier molecular flexibility index (Phi) is 7.48. The van der Waals surface area contributed by atoms with Crippen LogP contribution in [0.2, 0.25) is 0 Å². The molecule has 1 heterocycles. The molecular formula is C28H26F3NO3. The highest BCUT2D eigenvalue weighted by Gasteiger charge is 2.46. The average Bonchev–Trinajstić information content (AvgIpc) is 2.86. The van der Waals surface area contributed by atoms with Gasteiger partial charge in [-0.2, -0.15) is 0 Å². The second-order valence-electron chi connectivity index (χ2n) is 8.94. The number of rotatable bonds is 8. The number of hydrogen-bond donors (Lipinski definition) is 1. The number of ketones is 2. The molecule has 7 heteroatoms. The van der Waals surface area contributed by atoms with E-state index in [9.17, 15) is 27.9 Å². The molecule has 3 aromatic carbocycles. The summed E-state index contributed by atoms with van der Waals surface area (Å²) in [5.74, 6) is -2.60. The van der Waals surface area contributed by atoms with Gasteiger partial charge in [-0.05, 0) is 85.6 Å². The second-order valence-corrected chi connectivity index (χ2v) is 8.94. The van der Waals surface area contributed by atoms with E-state index in [1.54, 1.807) is 0 Å². The lowest BCUT2D eigenvalue weighted by Gasteiger charge is -2.44. The van der Waals surface area contributed by atoms with Crippen LogP contribution in [0.5, 0.6) is 0 Å². The smallest absolute Gasteiger partial charge is 0.170 e. The van der Waals surface area contributed by atoms with Gasteiger partial charge in [0, 0.05) is 30.6 Å². The van der Waals surface area contributed by atoms with Crippen molar-refractivity contribution < 1.29 is 27.9 Å². The number of likely N-dealkylation sites (tertiary alicyclic amines) is 1. The number of nitrogens with zero attached hydrogens (tertiary/aromatic N) is 1. The molecule has 2 atom stereocenters. The molecule has 1 saturated heterocycles. The summed E-state index contributed by atoms with van der Waals surface area (Å²) in [7, 11) is 0. The van der Waals surface area contributed by atoms with Gasteiger partial charge in [0.2, 0.25) is 0 Å². The molecule has 1 N–H and O–H groups in total. The van der Waals surface area contributed by atoms with Crippen LogP contribution in [-0.2, 0) is 5.60 Å². The molecule has 1 aliphatic heterocycles. The zero-order valence-corrected chi connectivity index (χ0v) is 19.1.